The van der Waals surface area contributed by atoms with Crippen molar-refractivity contribution in [1.29, 1.82) is 0 Å². The summed E-state index contributed by atoms with van der Waals surface area (Å²) in [5.41, 5.74) is 2.25. The number of anilines is 1. The summed E-state index contributed by atoms with van der Waals surface area (Å²) in [5.74, 6) is -0.277. The molecule has 148 valence electrons. The van der Waals surface area contributed by atoms with E-state index in [0.29, 0.717) is 26.6 Å². The molecule has 29 heavy (non-hydrogen) atoms. The van der Waals surface area contributed by atoms with Gasteiger partial charge in [0.15, 0.2) is 0 Å². The summed E-state index contributed by atoms with van der Waals surface area (Å²) in [5, 5.41) is 7.43. The van der Waals surface area contributed by atoms with E-state index in [-0.39, 0.29) is 5.91 Å². The first-order valence-corrected chi connectivity index (χ1v) is 9.42. The van der Waals surface area contributed by atoms with Crippen molar-refractivity contribution in [2.45, 2.75) is 13.1 Å². The average molecular weight is 416 g/mol. The highest BCUT2D eigenvalue weighted by molar-refractivity contribution is 7.21. The molecule has 4 aromatic rings. The Balaban J connectivity index is 1.62. The van der Waals surface area contributed by atoms with Gasteiger partial charge >= 0.3 is 6.18 Å². The molecule has 1 N–H and O–H groups in total. The Morgan fingerprint density at radius 2 is 1.93 bits per heavy atom. The Labute approximate surface area is 167 Å². The summed E-state index contributed by atoms with van der Waals surface area (Å²) in [6.45, 7) is 1.84. The zero-order valence-electron chi connectivity index (χ0n) is 15.4. The maximum Gasteiger partial charge on any atom is 0.416 e. The molecule has 5 nitrogen and oxygen atoms in total. The summed E-state index contributed by atoms with van der Waals surface area (Å²) < 4.78 is 40.9. The van der Waals surface area contributed by atoms with Crippen molar-refractivity contribution in [3.05, 3.63) is 65.5 Å². The Bertz CT molecular complexity index is 1230. The Morgan fingerprint density at radius 3 is 2.59 bits per heavy atom. The maximum absolute atomic E-state index is 12.9. The molecule has 2 heterocycles. The quantitative estimate of drug-likeness (QED) is 0.495. The van der Waals surface area contributed by atoms with Crippen molar-refractivity contribution in [3.63, 3.8) is 0 Å². The van der Waals surface area contributed by atoms with Crippen LogP contribution in [-0.4, -0.2) is 20.7 Å². The van der Waals surface area contributed by atoms with E-state index in [1.54, 1.807) is 31.4 Å². The number of fused-ring (bicyclic) bond motifs is 1. The lowest BCUT2D eigenvalue weighted by molar-refractivity contribution is -0.137. The van der Waals surface area contributed by atoms with Gasteiger partial charge in [0.05, 0.1) is 15.8 Å². The molecule has 0 fully saturated rings. The smallest absolute Gasteiger partial charge is 0.320 e. The summed E-state index contributed by atoms with van der Waals surface area (Å²) in [7, 11) is 1.68. The largest absolute Gasteiger partial charge is 0.416 e. The van der Waals surface area contributed by atoms with E-state index in [4.69, 9.17) is 0 Å². The number of thiazole rings is 1. The molecule has 0 saturated heterocycles. The van der Waals surface area contributed by atoms with Gasteiger partial charge in [-0.05, 0) is 55.0 Å². The SMILES string of the molecule is Cc1cc(-c2nc3cc(C(F)(F)F)ccc3s2)ccc1NC(=O)c1ccnn1C. The number of aromatic nitrogens is 3. The van der Waals surface area contributed by atoms with Gasteiger partial charge in [0.1, 0.15) is 10.7 Å². The highest BCUT2D eigenvalue weighted by Crippen LogP contribution is 2.36. The van der Waals surface area contributed by atoms with E-state index in [2.05, 4.69) is 15.4 Å². The van der Waals surface area contributed by atoms with Crippen molar-refractivity contribution in [3.8, 4) is 10.6 Å². The lowest BCUT2D eigenvalue weighted by Gasteiger charge is -2.09. The van der Waals surface area contributed by atoms with Crippen LogP contribution in [-0.2, 0) is 13.2 Å². The number of carbonyl (C=O) groups excluding carboxylic acids is 1. The zero-order chi connectivity index (χ0) is 20.8. The van der Waals surface area contributed by atoms with E-state index in [0.717, 1.165) is 23.3 Å². The third-order valence-corrected chi connectivity index (χ3v) is 5.58. The van der Waals surface area contributed by atoms with Gasteiger partial charge in [-0.1, -0.05) is 0 Å². The van der Waals surface area contributed by atoms with Crippen LogP contribution in [0, 0.1) is 6.92 Å². The fraction of sp³-hybridized carbons (Fsp3) is 0.150. The predicted octanol–water partition coefficient (Wildman–Crippen LogP) is 5.28. The maximum atomic E-state index is 12.9. The van der Waals surface area contributed by atoms with Crippen LogP contribution in [0.15, 0.2) is 48.7 Å². The molecule has 0 bridgehead atoms. The van der Waals surface area contributed by atoms with Gasteiger partial charge in [0, 0.05) is 24.5 Å². The molecule has 0 atom stereocenters. The topological polar surface area (TPSA) is 59.8 Å². The van der Waals surface area contributed by atoms with Crippen LogP contribution in [0.25, 0.3) is 20.8 Å². The number of amides is 1. The first-order chi connectivity index (χ1) is 13.7. The number of aryl methyl sites for hydroxylation is 2. The molecule has 0 aliphatic rings. The molecule has 4 rings (SSSR count). The second-order valence-electron chi connectivity index (χ2n) is 6.52. The molecule has 1 amide bonds. The number of nitrogens with one attached hydrogen (secondary N) is 1. The van der Waals surface area contributed by atoms with Crippen LogP contribution in [0.3, 0.4) is 0 Å². The van der Waals surface area contributed by atoms with Gasteiger partial charge < -0.3 is 5.32 Å². The predicted molar refractivity (Wildman–Crippen MR) is 106 cm³/mol. The fourth-order valence-corrected chi connectivity index (χ4v) is 3.89. The molecule has 2 aromatic heterocycles. The number of alkyl halides is 3. The van der Waals surface area contributed by atoms with Crippen molar-refractivity contribution in [2.75, 3.05) is 5.32 Å². The van der Waals surface area contributed by atoms with Gasteiger partial charge in [-0.15, -0.1) is 11.3 Å². The highest BCUT2D eigenvalue weighted by atomic mass is 32.1. The van der Waals surface area contributed by atoms with Gasteiger partial charge in [-0.25, -0.2) is 4.98 Å². The minimum atomic E-state index is -4.40. The summed E-state index contributed by atoms with van der Waals surface area (Å²) >= 11 is 1.32. The van der Waals surface area contributed by atoms with E-state index in [9.17, 15) is 18.0 Å². The van der Waals surface area contributed by atoms with Crippen LogP contribution in [0.5, 0.6) is 0 Å². The molecule has 0 spiro atoms. The second kappa shape index (κ2) is 7.00. The molecule has 0 aliphatic heterocycles. The second-order valence-corrected chi connectivity index (χ2v) is 7.55. The van der Waals surface area contributed by atoms with Crippen molar-refractivity contribution < 1.29 is 18.0 Å². The van der Waals surface area contributed by atoms with Crippen LogP contribution in [0.2, 0.25) is 0 Å². The summed E-state index contributed by atoms with van der Waals surface area (Å²) in [6.07, 6.45) is -2.86. The minimum Gasteiger partial charge on any atom is -0.320 e. The Morgan fingerprint density at radius 1 is 1.14 bits per heavy atom. The van der Waals surface area contributed by atoms with E-state index < -0.39 is 11.7 Å². The number of carbonyl (C=O) groups is 1. The molecule has 0 saturated carbocycles. The van der Waals surface area contributed by atoms with Gasteiger partial charge in [0.25, 0.3) is 5.91 Å². The van der Waals surface area contributed by atoms with E-state index >= 15 is 0 Å². The van der Waals surface area contributed by atoms with E-state index in [1.165, 1.54) is 22.1 Å². The van der Waals surface area contributed by atoms with Crippen molar-refractivity contribution in [2.24, 2.45) is 7.05 Å². The molecule has 0 aliphatic carbocycles. The standard InChI is InChI=1S/C20H15F3N4OS/c1-11-9-12(3-5-14(11)25-18(28)16-7-8-24-27(16)2)19-26-15-10-13(20(21,22)23)4-6-17(15)29-19/h3-10H,1-2H3,(H,25,28). The van der Waals surface area contributed by atoms with Gasteiger partial charge in [-0.3, -0.25) is 9.48 Å². The first kappa shape index (κ1) is 19.1. The Kier molecular flexibility index (Phi) is 4.62. The average Bonchev–Trinajstić information content (AvgIpc) is 3.27. The van der Waals surface area contributed by atoms with Crippen LogP contribution in [0.1, 0.15) is 21.6 Å². The molecular weight excluding hydrogens is 401 g/mol. The van der Waals surface area contributed by atoms with Crippen LogP contribution < -0.4 is 5.32 Å². The van der Waals surface area contributed by atoms with Crippen molar-refractivity contribution in [1.82, 2.24) is 14.8 Å². The number of halogens is 3. The molecular formula is C20H15F3N4OS. The summed E-state index contributed by atoms with van der Waals surface area (Å²) in [4.78, 5) is 16.7. The third-order valence-electron chi connectivity index (χ3n) is 4.49. The minimum absolute atomic E-state index is 0.277. The molecule has 2 aromatic carbocycles. The van der Waals surface area contributed by atoms with Gasteiger partial charge in [-0.2, -0.15) is 18.3 Å². The lowest BCUT2D eigenvalue weighted by atomic mass is 10.1. The molecule has 0 unspecified atom stereocenters. The molecule has 0 radical (unpaired) electrons. The normalized spacial score (nSPS) is 11.8. The first-order valence-electron chi connectivity index (χ1n) is 8.60. The Hall–Kier alpha value is -3.20. The number of hydrogen-bond donors (Lipinski definition) is 1. The number of nitrogens with zero attached hydrogens (tertiary/aromatic N) is 3. The van der Waals surface area contributed by atoms with Crippen LogP contribution >= 0.6 is 11.3 Å². The fourth-order valence-electron chi connectivity index (χ4n) is 2.95. The van der Waals surface area contributed by atoms with Gasteiger partial charge in [0.2, 0.25) is 0 Å². The molecule has 9 heteroatoms. The van der Waals surface area contributed by atoms with E-state index in [1.807, 2.05) is 13.0 Å². The number of benzene rings is 2. The zero-order valence-corrected chi connectivity index (χ0v) is 16.2. The summed E-state index contributed by atoms with van der Waals surface area (Å²) in [6, 6.07) is 10.6. The lowest BCUT2D eigenvalue weighted by Crippen LogP contribution is -2.16. The monoisotopic (exact) mass is 416 g/mol. The van der Waals surface area contributed by atoms with Crippen LogP contribution in [0.4, 0.5) is 18.9 Å². The highest BCUT2D eigenvalue weighted by Gasteiger charge is 2.30. The number of hydrogen-bond acceptors (Lipinski definition) is 4. The third kappa shape index (κ3) is 3.73. The number of rotatable bonds is 3. The van der Waals surface area contributed by atoms with Crippen molar-refractivity contribution >= 4 is 33.1 Å².